The molecule has 1 saturated heterocycles. The number of nitrogens with zero attached hydrogens (tertiary/aromatic N) is 1. The molecular formula is C18H18F2N2O3S. The third kappa shape index (κ3) is 4.19. The highest BCUT2D eigenvalue weighted by atomic mass is 32.2. The van der Waals surface area contributed by atoms with E-state index in [0.29, 0.717) is 18.5 Å². The molecule has 1 N–H and O–H groups in total. The molecule has 138 valence electrons. The Labute approximate surface area is 150 Å². The summed E-state index contributed by atoms with van der Waals surface area (Å²) in [4.78, 5) is 12.1. The number of nitrogens with one attached hydrogen (secondary N) is 1. The number of benzene rings is 2. The van der Waals surface area contributed by atoms with Crippen LogP contribution in [0.3, 0.4) is 0 Å². The standard InChI is InChI=1S/C18H18F2N2O3S/c19-14-5-2-13(3-6-14)4-9-18(23)21-15-7-8-16(20)17(12-15)22-10-1-11-26(22,24)25/h2-3,5-8,12H,1,4,9-11H2,(H,21,23). The van der Waals surface area contributed by atoms with Gasteiger partial charge in [-0.25, -0.2) is 17.2 Å². The van der Waals surface area contributed by atoms with Crippen LogP contribution in [0.25, 0.3) is 0 Å². The van der Waals surface area contributed by atoms with Gasteiger partial charge in [0.05, 0.1) is 11.4 Å². The summed E-state index contributed by atoms with van der Waals surface area (Å²) in [6, 6.07) is 9.73. The highest BCUT2D eigenvalue weighted by molar-refractivity contribution is 7.93. The number of aryl methyl sites for hydroxylation is 1. The fourth-order valence-corrected chi connectivity index (χ4v) is 4.39. The molecule has 8 heteroatoms. The van der Waals surface area contributed by atoms with Crippen LogP contribution in [-0.4, -0.2) is 26.6 Å². The number of rotatable bonds is 5. The van der Waals surface area contributed by atoms with Crippen molar-refractivity contribution in [2.75, 3.05) is 21.9 Å². The molecular weight excluding hydrogens is 362 g/mol. The van der Waals surface area contributed by atoms with E-state index in [1.54, 1.807) is 12.1 Å². The van der Waals surface area contributed by atoms with Crippen LogP contribution in [0.4, 0.5) is 20.2 Å². The summed E-state index contributed by atoms with van der Waals surface area (Å²) in [5, 5.41) is 2.64. The van der Waals surface area contributed by atoms with Gasteiger partial charge >= 0.3 is 0 Å². The minimum atomic E-state index is -3.51. The molecule has 0 aromatic heterocycles. The molecule has 5 nitrogen and oxygen atoms in total. The predicted molar refractivity (Wildman–Crippen MR) is 95.5 cm³/mol. The lowest BCUT2D eigenvalue weighted by Gasteiger charge is -2.18. The van der Waals surface area contributed by atoms with Crippen molar-refractivity contribution < 1.29 is 22.0 Å². The second kappa shape index (κ2) is 7.41. The molecule has 0 saturated carbocycles. The van der Waals surface area contributed by atoms with E-state index in [-0.39, 0.29) is 36.1 Å². The molecule has 0 radical (unpaired) electrons. The van der Waals surface area contributed by atoms with Crippen molar-refractivity contribution in [1.29, 1.82) is 0 Å². The molecule has 1 aliphatic rings. The van der Waals surface area contributed by atoms with E-state index in [9.17, 15) is 22.0 Å². The lowest BCUT2D eigenvalue weighted by molar-refractivity contribution is -0.116. The minimum absolute atomic E-state index is 0.0132. The van der Waals surface area contributed by atoms with Gasteiger partial charge in [-0.2, -0.15) is 0 Å². The Morgan fingerprint density at radius 3 is 2.50 bits per heavy atom. The van der Waals surface area contributed by atoms with Crippen molar-refractivity contribution in [1.82, 2.24) is 0 Å². The van der Waals surface area contributed by atoms with Crippen LogP contribution in [0.15, 0.2) is 42.5 Å². The van der Waals surface area contributed by atoms with E-state index in [1.807, 2.05) is 0 Å². The molecule has 1 fully saturated rings. The highest BCUT2D eigenvalue weighted by Crippen LogP contribution is 2.29. The number of hydrogen-bond acceptors (Lipinski definition) is 3. The maximum Gasteiger partial charge on any atom is 0.235 e. The van der Waals surface area contributed by atoms with Crippen molar-refractivity contribution >= 4 is 27.3 Å². The van der Waals surface area contributed by atoms with Crippen LogP contribution in [0, 0.1) is 11.6 Å². The quantitative estimate of drug-likeness (QED) is 0.867. The Hall–Kier alpha value is -2.48. The van der Waals surface area contributed by atoms with E-state index in [2.05, 4.69) is 5.32 Å². The van der Waals surface area contributed by atoms with E-state index in [1.165, 1.54) is 24.3 Å². The highest BCUT2D eigenvalue weighted by Gasteiger charge is 2.30. The number of carbonyl (C=O) groups is 1. The van der Waals surface area contributed by atoms with Crippen LogP contribution < -0.4 is 9.62 Å². The zero-order valence-electron chi connectivity index (χ0n) is 13.9. The fourth-order valence-electron chi connectivity index (χ4n) is 2.82. The van der Waals surface area contributed by atoms with Gasteiger partial charge in [0.25, 0.3) is 0 Å². The maximum absolute atomic E-state index is 14.1. The third-order valence-corrected chi connectivity index (χ3v) is 6.01. The van der Waals surface area contributed by atoms with Gasteiger partial charge in [0.15, 0.2) is 0 Å². The van der Waals surface area contributed by atoms with Crippen LogP contribution >= 0.6 is 0 Å². The largest absolute Gasteiger partial charge is 0.326 e. The van der Waals surface area contributed by atoms with Gasteiger partial charge in [-0.3, -0.25) is 9.10 Å². The van der Waals surface area contributed by atoms with Crippen LogP contribution in [0.5, 0.6) is 0 Å². The maximum atomic E-state index is 14.1. The fraction of sp³-hybridized carbons (Fsp3) is 0.278. The van der Waals surface area contributed by atoms with Gasteiger partial charge in [0.1, 0.15) is 11.6 Å². The van der Waals surface area contributed by atoms with E-state index >= 15 is 0 Å². The predicted octanol–water partition coefficient (Wildman–Crippen LogP) is 3.08. The number of sulfonamides is 1. The lowest BCUT2D eigenvalue weighted by atomic mass is 10.1. The first-order valence-electron chi connectivity index (χ1n) is 8.19. The first kappa shape index (κ1) is 18.3. The van der Waals surface area contributed by atoms with Crippen LogP contribution in [0.1, 0.15) is 18.4 Å². The molecule has 0 bridgehead atoms. The summed E-state index contributed by atoms with van der Waals surface area (Å²) in [6.45, 7) is 0.223. The van der Waals surface area contributed by atoms with Crippen LogP contribution in [-0.2, 0) is 21.2 Å². The van der Waals surface area contributed by atoms with Crippen LogP contribution in [0.2, 0.25) is 0 Å². The smallest absolute Gasteiger partial charge is 0.235 e. The Kier molecular flexibility index (Phi) is 5.22. The number of carbonyl (C=O) groups excluding carboxylic acids is 1. The Balaban J connectivity index is 1.67. The molecule has 2 aromatic rings. The van der Waals surface area contributed by atoms with Crippen molar-refractivity contribution in [3.05, 3.63) is 59.7 Å². The molecule has 0 aliphatic carbocycles. The summed E-state index contributed by atoms with van der Waals surface area (Å²) in [7, 11) is -3.51. The summed E-state index contributed by atoms with van der Waals surface area (Å²) in [5.74, 6) is -1.30. The zero-order valence-corrected chi connectivity index (χ0v) is 14.7. The Bertz CT molecular complexity index is 915. The minimum Gasteiger partial charge on any atom is -0.326 e. The van der Waals surface area contributed by atoms with Gasteiger partial charge in [0, 0.05) is 18.7 Å². The molecule has 1 amide bonds. The number of halogens is 2. The number of amides is 1. The Morgan fingerprint density at radius 2 is 1.85 bits per heavy atom. The SMILES string of the molecule is O=C(CCc1ccc(F)cc1)Nc1ccc(F)c(N2CCCS2(=O)=O)c1. The van der Waals surface area contributed by atoms with E-state index in [0.717, 1.165) is 15.9 Å². The normalized spacial score (nSPS) is 15.8. The third-order valence-electron chi connectivity index (χ3n) is 4.15. The number of hydrogen-bond donors (Lipinski definition) is 1. The second-order valence-corrected chi connectivity index (χ2v) is 8.10. The first-order chi connectivity index (χ1) is 12.3. The zero-order chi connectivity index (χ0) is 18.7. The lowest BCUT2D eigenvalue weighted by Crippen LogP contribution is -2.26. The average molecular weight is 380 g/mol. The Morgan fingerprint density at radius 1 is 1.12 bits per heavy atom. The van der Waals surface area contributed by atoms with Gasteiger partial charge in [-0.05, 0) is 48.7 Å². The molecule has 2 aromatic carbocycles. The van der Waals surface area contributed by atoms with Crippen molar-refractivity contribution in [2.45, 2.75) is 19.3 Å². The van der Waals surface area contributed by atoms with Gasteiger partial charge in [-0.1, -0.05) is 12.1 Å². The van der Waals surface area contributed by atoms with Crippen molar-refractivity contribution in [3.8, 4) is 0 Å². The first-order valence-corrected chi connectivity index (χ1v) is 9.80. The molecule has 0 atom stereocenters. The van der Waals surface area contributed by atoms with Crippen molar-refractivity contribution in [3.63, 3.8) is 0 Å². The topological polar surface area (TPSA) is 66.5 Å². The van der Waals surface area contributed by atoms with Gasteiger partial charge in [0.2, 0.25) is 15.9 Å². The molecule has 26 heavy (non-hydrogen) atoms. The summed E-state index contributed by atoms with van der Waals surface area (Å²) in [6.07, 6.45) is 1.04. The van der Waals surface area contributed by atoms with Crippen molar-refractivity contribution in [2.24, 2.45) is 0 Å². The van der Waals surface area contributed by atoms with E-state index in [4.69, 9.17) is 0 Å². The summed E-state index contributed by atoms with van der Waals surface area (Å²) in [5.41, 5.74) is 1.09. The van der Waals surface area contributed by atoms with Gasteiger partial charge in [-0.15, -0.1) is 0 Å². The monoisotopic (exact) mass is 380 g/mol. The molecule has 3 rings (SSSR count). The van der Waals surface area contributed by atoms with E-state index < -0.39 is 15.8 Å². The molecule has 1 aliphatic heterocycles. The second-order valence-electron chi connectivity index (χ2n) is 6.08. The molecule has 0 spiro atoms. The molecule has 0 unspecified atom stereocenters. The number of anilines is 2. The summed E-state index contributed by atoms with van der Waals surface area (Å²) >= 11 is 0. The molecule has 1 heterocycles. The average Bonchev–Trinajstić information content (AvgIpc) is 2.95. The summed E-state index contributed by atoms with van der Waals surface area (Å²) < 4.78 is 51.9. The van der Waals surface area contributed by atoms with Gasteiger partial charge < -0.3 is 5.32 Å².